The van der Waals surface area contributed by atoms with Crippen molar-refractivity contribution in [3.8, 4) is 6.07 Å². The van der Waals surface area contributed by atoms with E-state index in [1.807, 2.05) is 13.0 Å². The molecule has 0 bridgehead atoms. The van der Waals surface area contributed by atoms with Crippen LogP contribution in [0, 0.1) is 17.1 Å². The lowest BCUT2D eigenvalue weighted by atomic mass is 10.1. The molecule has 0 radical (unpaired) electrons. The summed E-state index contributed by atoms with van der Waals surface area (Å²) in [6, 6.07) is 6.16. The number of hydrogen-bond acceptors (Lipinski definition) is 1. The van der Waals surface area contributed by atoms with E-state index in [2.05, 4.69) is 15.9 Å². The summed E-state index contributed by atoms with van der Waals surface area (Å²) < 4.78 is 12.7. The Morgan fingerprint density at radius 3 is 2.75 bits per heavy atom. The van der Waals surface area contributed by atoms with Crippen LogP contribution in [-0.4, -0.2) is 0 Å². The molecule has 0 spiro atoms. The van der Waals surface area contributed by atoms with E-state index >= 15 is 0 Å². The van der Waals surface area contributed by atoms with Crippen LogP contribution in [-0.2, 0) is 0 Å². The third kappa shape index (κ3) is 1.83. The van der Waals surface area contributed by atoms with Crippen LogP contribution in [0.5, 0.6) is 0 Å². The molecule has 3 heteroatoms. The highest BCUT2D eigenvalue weighted by atomic mass is 79.9. The van der Waals surface area contributed by atoms with E-state index in [0.717, 1.165) is 0 Å². The molecule has 0 saturated carbocycles. The van der Waals surface area contributed by atoms with Crippen LogP contribution in [0.3, 0.4) is 0 Å². The Kier molecular flexibility index (Phi) is 2.83. The minimum Gasteiger partial charge on any atom is -0.207 e. The molecule has 62 valence electrons. The highest BCUT2D eigenvalue weighted by Gasteiger charge is 2.07. The monoisotopic (exact) mass is 227 g/mol. The van der Waals surface area contributed by atoms with Crippen LogP contribution in [0.2, 0.25) is 0 Å². The maximum atomic E-state index is 12.7. The lowest BCUT2D eigenvalue weighted by molar-refractivity contribution is 0.625. The zero-order chi connectivity index (χ0) is 9.14. The maximum absolute atomic E-state index is 12.7. The summed E-state index contributed by atoms with van der Waals surface area (Å²) >= 11 is 3.29. The molecule has 0 aliphatic heterocycles. The predicted molar refractivity (Wildman–Crippen MR) is 48.5 cm³/mol. The standard InChI is InChI=1S/C9H7BrFN/c1-6(10)9-4-8(11)3-2-7(9)5-12/h2-4,6H,1H3. The average molecular weight is 228 g/mol. The lowest BCUT2D eigenvalue weighted by Crippen LogP contribution is -1.91. The van der Waals surface area contributed by atoms with Gasteiger partial charge in [-0.25, -0.2) is 4.39 Å². The Hall–Kier alpha value is -0.880. The fourth-order valence-corrected chi connectivity index (χ4v) is 1.34. The van der Waals surface area contributed by atoms with Crippen molar-refractivity contribution in [3.05, 3.63) is 35.1 Å². The summed E-state index contributed by atoms with van der Waals surface area (Å²) in [4.78, 5) is 0.00264. The van der Waals surface area contributed by atoms with E-state index in [0.29, 0.717) is 11.1 Å². The van der Waals surface area contributed by atoms with E-state index in [1.165, 1.54) is 18.2 Å². The first-order valence-electron chi connectivity index (χ1n) is 3.48. The number of nitriles is 1. The first kappa shape index (κ1) is 9.21. The lowest BCUT2D eigenvalue weighted by Gasteiger charge is -2.05. The minimum absolute atomic E-state index is 0.00264. The van der Waals surface area contributed by atoms with Gasteiger partial charge in [-0.1, -0.05) is 15.9 Å². The molecule has 0 aromatic heterocycles. The molecule has 0 heterocycles. The molecule has 0 N–H and O–H groups in total. The summed E-state index contributed by atoms with van der Waals surface area (Å²) in [5, 5.41) is 8.66. The zero-order valence-corrected chi connectivity index (χ0v) is 8.10. The molecular weight excluding hydrogens is 221 g/mol. The number of halogens is 2. The third-order valence-corrected chi connectivity index (χ3v) is 2.06. The van der Waals surface area contributed by atoms with E-state index in [1.54, 1.807) is 0 Å². The van der Waals surface area contributed by atoms with Crippen LogP contribution in [0.4, 0.5) is 4.39 Å². The van der Waals surface area contributed by atoms with Crippen molar-refractivity contribution in [1.82, 2.24) is 0 Å². The van der Waals surface area contributed by atoms with Gasteiger partial charge in [0.1, 0.15) is 5.82 Å². The fraction of sp³-hybridized carbons (Fsp3) is 0.222. The van der Waals surface area contributed by atoms with Crippen molar-refractivity contribution < 1.29 is 4.39 Å². The predicted octanol–water partition coefficient (Wildman–Crippen LogP) is 3.15. The Morgan fingerprint density at radius 2 is 2.25 bits per heavy atom. The molecule has 0 saturated heterocycles. The van der Waals surface area contributed by atoms with Crippen molar-refractivity contribution in [1.29, 1.82) is 5.26 Å². The number of benzene rings is 1. The summed E-state index contributed by atoms with van der Waals surface area (Å²) in [5.41, 5.74) is 1.21. The van der Waals surface area contributed by atoms with Crippen molar-refractivity contribution in [2.45, 2.75) is 11.8 Å². The summed E-state index contributed by atoms with van der Waals surface area (Å²) in [7, 11) is 0. The number of hydrogen-bond donors (Lipinski definition) is 0. The minimum atomic E-state index is -0.310. The van der Waals surface area contributed by atoms with Gasteiger partial charge in [-0.2, -0.15) is 5.26 Å². The van der Waals surface area contributed by atoms with Crippen LogP contribution >= 0.6 is 15.9 Å². The van der Waals surface area contributed by atoms with Crippen molar-refractivity contribution in [2.75, 3.05) is 0 Å². The van der Waals surface area contributed by atoms with Gasteiger partial charge in [-0.15, -0.1) is 0 Å². The van der Waals surface area contributed by atoms with Gasteiger partial charge in [0.2, 0.25) is 0 Å². The van der Waals surface area contributed by atoms with E-state index in [4.69, 9.17) is 5.26 Å². The highest BCUT2D eigenvalue weighted by molar-refractivity contribution is 9.09. The van der Waals surface area contributed by atoms with Gasteiger partial charge in [0.05, 0.1) is 11.6 Å². The van der Waals surface area contributed by atoms with E-state index < -0.39 is 0 Å². The second-order valence-corrected chi connectivity index (χ2v) is 3.83. The van der Waals surface area contributed by atoms with Crippen molar-refractivity contribution >= 4 is 15.9 Å². The molecule has 0 aliphatic rings. The molecule has 1 aromatic rings. The molecule has 1 atom stereocenters. The van der Waals surface area contributed by atoms with Crippen LogP contribution < -0.4 is 0 Å². The molecule has 0 fully saturated rings. The Labute approximate surface area is 79.0 Å². The molecule has 0 amide bonds. The Morgan fingerprint density at radius 1 is 1.58 bits per heavy atom. The second kappa shape index (κ2) is 3.68. The highest BCUT2D eigenvalue weighted by Crippen LogP contribution is 2.25. The fourth-order valence-electron chi connectivity index (χ4n) is 0.965. The molecule has 1 nitrogen and oxygen atoms in total. The molecule has 1 aromatic carbocycles. The number of nitrogens with zero attached hydrogens (tertiary/aromatic N) is 1. The van der Waals surface area contributed by atoms with E-state index in [9.17, 15) is 4.39 Å². The smallest absolute Gasteiger partial charge is 0.123 e. The van der Waals surface area contributed by atoms with Gasteiger partial charge in [0.25, 0.3) is 0 Å². The topological polar surface area (TPSA) is 23.8 Å². The van der Waals surface area contributed by atoms with Gasteiger partial charge in [-0.3, -0.25) is 0 Å². The average Bonchev–Trinajstić information content (AvgIpc) is 2.04. The molecule has 1 rings (SSSR count). The van der Waals surface area contributed by atoms with E-state index in [-0.39, 0.29) is 10.6 Å². The van der Waals surface area contributed by atoms with Gasteiger partial charge < -0.3 is 0 Å². The van der Waals surface area contributed by atoms with Crippen molar-refractivity contribution in [3.63, 3.8) is 0 Å². The largest absolute Gasteiger partial charge is 0.207 e. The van der Waals surface area contributed by atoms with Crippen LogP contribution in [0.15, 0.2) is 18.2 Å². The number of rotatable bonds is 1. The third-order valence-electron chi connectivity index (χ3n) is 1.56. The van der Waals surface area contributed by atoms with Gasteiger partial charge in [0.15, 0.2) is 0 Å². The quantitative estimate of drug-likeness (QED) is 0.677. The summed E-state index contributed by atoms with van der Waals surface area (Å²) in [6.45, 7) is 1.86. The van der Waals surface area contributed by atoms with Crippen LogP contribution in [0.25, 0.3) is 0 Å². The van der Waals surface area contributed by atoms with Gasteiger partial charge in [-0.05, 0) is 30.7 Å². The SMILES string of the molecule is CC(Br)c1cc(F)ccc1C#N. The second-order valence-electron chi connectivity index (χ2n) is 2.46. The molecule has 1 unspecified atom stereocenters. The van der Waals surface area contributed by atoms with Crippen LogP contribution in [0.1, 0.15) is 22.9 Å². The first-order chi connectivity index (χ1) is 5.65. The Bertz CT molecular complexity index is 328. The summed E-state index contributed by atoms with van der Waals surface area (Å²) in [6.07, 6.45) is 0. The molecule has 0 aliphatic carbocycles. The molecule has 12 heavy (non-hydrogen) atoms. The summed E-state index contributed by atoms with van der Waals surface area (Å²) in [5.74, 6) is -0.310. The Balaban J connectivity index is 3.24. The van der Waals surface area contributed by atoms with Gasteiger partial charge in [0, 0.05) is 4.83 Å². The normalized spacial score (nSPS) is 12.2. The molecular formula is C9H7BrFN. The number of alkyl halides is 1. The van der Waals surface area contributed by atoms with Crippen molar-refractivity contribution in [2.24, 2.45) is 0 Å². The maximum Gasteiger partial charge on any atom is 0.123 e. The van der Waals surface area contributed by atoms with Gasteiger partial charge >= 0.3 is 0 Å². The zero-order valence-electron chi connectivity index (χ0n) is 6.51. The first-order valence-corrected chi connectivity index (χ1v) is 4.40.